The number of imidazole rings is 1. The number of carbonyl (C=O) groups is 15. The van der Waals surface area contributed by atoms with E-state index in [1.165, 1.54) is 92.6 Å². The number of ketones is 4. The first-order valence-electron chi connectivity index (χ1n) is 38.9. The van der Waals surface area contributed by atoms with Gasteiger partial charge in [-0.3, -0.25) is 71.9 Å². The van der Waals surface area contributed by atoms with Crippen LogP contribution in [-0.4, -0.2) is 259 Å². The van der Waals surface area contributed by atoms with Crippen molar-refractivity contribution in [3.63, 3.8) is 0 Å². The van der Waals surface area contributed by atoms with Crippen LogP contribution in [0.1, 0.15) is 204 Å². The van der Waals surface area contributed by atoms with Crippen LogP contribution in [0.15, 0.2) is 18.2 Å². The normalized spacial score (nSPS) is 25.4. The van der Waals surface area contributed by atoms with Crippen molar-refractivity contribution in [2.24, 2.45) is 76.6 Å². The van der Waals surface area contributed by atoms with E-state index in [2.05, 4.69) is 10.3 Å². The van der Waals surface area contributed by atoms with Gasteiger partial charge in [0.2, 0.25) is 59.1 Å². The monoisotopic (exact) mass is 1530 g/mol. The van der Waals surface area contributed by atoms with E-state index in [-0.39, 0.29) is 93.6 Å². The number of primary amides is 2. The molecule has 1 aromatic carbocycles. The van der Waals surface area contributed by atoms with Crippen molar-refractivity contribution < 1.29 is 77.0 Å². The second kappa shape index (κ2) is 41.0. The number of Topliss-reactive ketones (excluding diaryl/α,β-unsaturated/α-hetero) is 4. The number of likely N-dealkylation sites (N-methyl/N-ethyl adjacent to an activating group) is 7. The van der Waals surface area contributed by atoms with Crippen LogP contribution in [0.5, 0.6) is 0 Å². The zero-order valence-corrected chi connectivity index (χ0v) is 69.1. The highest BCUT2D eigenvalue weighted by Gasteiger charge is 2.47. The number of benzene rings is 1. The SMILES string of the molecule is CC[C@@H]1CC(=O)[C@H]([C@H](O)[C@H](C)Cc2nc3ccc(C(=O)N4CCCC4C(=O)CC(CC(N)=O)C(N)=O)cc3[nH]2)N(C)C(=O)[C@H](C(C)C)N(C)C(=O)[C@H](CC(C)C)N(C)C(=O)[C@H](CC(C)C)N(C)C(=O)[C@@H](C)NC(=O)[C@H](C)CC(=O)[C@H](CC(C)C)N(C)C(=O)[C@H](C(C)C)CC(=O)[C@H](CC(C)C)N(C)C(=O)CN(C)C1=O. The highest BCUT2D eigenvalue weighted by molar-refractivity contribution is 6.03. The highest BCUT2D eigenvalue weighted by Crippen LogP contribution is 2.32. The molecule has 0 radical (unpaired) electrons. The topological polar surface area (TPSA) is 395 Å². The molecule has 0 saturated carbocycles. The third-order valence-corrected chi connectivity index (χ3v) is 21.8. The zero-order chi connectivity index (χ0) is 83.0. The van der Waals surface area contributed by atoms with Gasteiger partial charge in [0.05, 0.1) is 47.7 Å². The minimum absolute atomic E-state index is 0.0431. The Labute approximate surface area is 645 Å². The summed E-state index contributed by atoms with van der Waals surface area (Å²) in [6, 6.07) is -4.99. The summed E-state index contributed by atoms with van der Waals surface area (Å²) < 4.78 is 0. The van der Waals surface area contributed by atoms with Gasteiger partial charge in [-0.05, 0) is 111 Å². The molecule has 2 aromatic rings. The predicted molar refractivity (Wildman–Crippen MR) is 413 cm³/mol. The van der Waals surface area contributed by atoms with Gasteiger partial charge in [0.15, 0.2) is 23.1 Å². The largest absolute Gasteiger partial charge is 0.390 e. The molecule has 3 heterocycles. The molecule has 29 nitrogen and oxygen atoms in total. The van der Waals surface area contributed by atoms with Crippen LogP contribution in [0, 0.1) is 65.1 Å². The van der Waals surface area contributed by atoms with Gasteiger partial charge in [0.25, 0.3) is 5.91 Å². The first-order valence-corrected chi connectivity index (χ1v) is 38.9. The molecule has 610 valence electrons. The number of carbonyl (C=O) groups excluding carboxylic acids is 15. The lowest BCUT2D eigenvalue weighted by atomic mass is 9.84. The van der Waals surface area contributed by atoms with Crippen molar-refractivity contribution >= 4 is 99.1 Å². The molecule has 7 N–H and O–H groups in total. The molecule has 2 aliphatic rings. The number of aliphatic hydroxyl groups is 1. The minimum Gasteiger partial charge on any atom is -0.390 e. The average molecular weight is 1530 g/mol. The Balaban J connectivity index is 1.90. The molecule has 2 aliphatic heterocycles. The van der Waals surface area contributed by atoms with Crippen molar-refractivity contribution in [1.82, 2.24) is 54.5 Å². The first kappa shape index (κ1) is 92.9. The maximum Gasteiger partial charge on any atom is 0.254 e. The molecular formula is C80H129N13O16. The molecule has 0 bridgehead atoms. The summed E-state index contributed by atoms with van der Waals surface area (Å²) in [6.07, 6.45) is -2.29. The Morgan fingerprint density at radius 2 is 1.08 bits per heavy atom. The maximum atomic E-state index is 15.7. The lowest BCUT2D eigenvalue weighted by Crippen LogP contribution is -2.62. The fourth-order valence-corrected chi connectivity index (χ4v) is 15.2. The van der Waals surface area contributed by atoms with Crippen molar-refractivity contribution in [2.45, 2.75) is 249 Å². The number of rotatable bonds is 22. The van der Waals surface area contributed by atoms with Gasteiger partial charge in [-0.2, -0.15) is 0 Å². The van der Waals surface area contributed by atoms with Crippen LogP contribution < -0.4 is 16.8 Å². The second-order valence-electron chi connectivity index (χ2n) is 33.4. The number of amides is 11. The molecule has 109 heavy (non-hydrogen) atoms. The number of H-pyrrole nitrogens is 1. The van der Waals surface area contributed by atoms with Gasteiger partial charge >= 0.3 is 0 Å². The van der Waals surface area contributed by atoms with Gasteiger partial charge in [-0.15, -0.1) is 0 Å². The quantitative estimate of drug-likeness (QED) is 0.101. The molecule has 0 spiro atoms. The number of fused-ring (bicyclic) bond motifs is 1. The number of hydrogen-bond donors (Lipinski definition) is 5. The number of nitrogens with one attached hydrogen (secondary N) is 2. The second-order valence-corrected chi connectivity index (χ2v) is 33.4. The van der Waals surface area contributed by atoms with Crippen molar-refractivity contribution in [3.8, 4) is 0 Å². The summed E-state index contributed by atoms with van der Waals surface area (Å²) in [5.74, 6) is -15.9. The van der Waals surface area contributed by atoms with E-state index in [0.717, 1.165) is 9.80 Å². The number of aromatic nitrogens is 2. The minimum atomic E-state index is -1.72. The molecule has 1 aromatic heterocycles. The van der Waals surface area contributed by atoms with Crippen molar-refractivity contribution in [2.75, 3.05) is 62.4 Å². The Kier molecular flexibility index (Phi) is 34.9. The number of aliphatic hydroxyl groups excluding tert-OH is 1. The van der Waals surface area contributed by atoms with Gasteiger partial charge in [0.1, 0.15) is 36.0 Å². The van der Waals surface area contributed by atoms with Crippen LogP contribution in [0.25, 0.3) is 11.0 Å². The summed E-state index contributed by atoms with van der Waals surface area (Å²) in [5.41, 5.74) is 11.8. The van der Waals surface area contributed by atoms with E-state index in [4.69, 9.17) is 16.5 Å². The van der Waals surface area contributed by atoms with Crippen molar-refractivity contribution in [1.29, 1.82) is 0 Å². The number of aromatic amines is 1. The van der Waals surface area contributed by atoms with E-state index >= 15 is 19.2 Å². The van der Waals surface area contributed by atoms with E-state index in [0.29, 0.717) is 29.7 Å². The van der Waals surface area contributed by atoms with Crippen LogP contribution >= 0.6 is 0 Å². The fourth-order valence-electron chi connectivity index (χ4n) is 15.2. The zero-order valence-electron chi connectivity index (χ0n) is 69.1. The molecule has 29 heteroatoms. The average Bonchev–Trinajstić information content (AvgIpc) is 1.46. The summed E-state index contributed by atoms with van der Waals surface area (Å²) in [4.78, 5) is 234. The number of nitrogens with two attached hydrogens (primary N) is 2. The molecule has 4 rings (SSSR count). The molecule has 11 amide bonds. The van der Waals surface area contributed by atoms with Crippen LogP contribution in [-0.2, 0) is 73.5 Å². The number of nitrogens with zero attached hydrogens (tertiary/aromatic N) is 9. The third kappa shape index (κ3) is 24.5. The number of hydrogen-bond acceptors (Lipinski definition) is 17. The summed E-state index contributed by atoms with van der Waals surface area (Å²) in [5, 5.41) is 15.6. The van der Waals surface area contributed by atoms with Crippen molar-refractivity contribution in [3.05, 3.63) is 29.6 Å². The lowest BCUT2D eigenvalue weighted by molar-refractivity contribution is -0.157. The van der Waals surface area contributed by atoms with Gasteiger partial charge in [-0.1, -0.05) is 104 Å². The van der Waals surface area contributed by atoms with Crippen LogP contribution in [0.2, 0.25) is 0 Å². The maximum absolute atomic E-state index is 15.7. The molecule has 2 fully saturated rings. The van der Waals surface area contributed by atoms with E-state index in [1.54, 1.807) is 59.7 Å². The van der Waals surface area contributed by atoms with E-state index in [1.807, 2.05) is 55.4 Å². The molecule has 0 aliphatic carbocycles. The smallest absolute Gasteiger partial charge is 0.254 e. The molecular weight excluding hydrogens is 1400 g/mol. The third-order valence-electron chi connectivity index (χ3n) is 21.8. The highest BCUT2D eigenvalue weighted by atomic mass is 16.3. The standard InChI is InChI=1S/C80H129N13O16/c1-24-51-37-65(97)70(71(100)48(14)35-67-84-55-28-27-52(36-56(55)85-67)76(105)93-29-25-26-57(93)63(95)38-53(72(82)101)39-66(81)98)92(23)80(109)69(47(12)13)91(22)79(108)61(33-45(8)9)90(21)78(107)60(32-44(6)7)89(20)74(103)50(16)83-73(102)49(15)34-62(94)59(31-43(4)5)88(19)77(106)54(46(10)11)40-64(96)58(30-42(2)3)87(18)68(99)41-86(17)75(51)104/h27-28,36,42-51,53-54,57-61,69-71,100H,24-26,29-35,37-41H2,1-23H3,(H2,81,98)(H2,82,101)(H,83,102)(H,84,85)/t48-,49-,50-,51-,53?,54+,57?,58+,59+,60+,61+,69+,70-,71-/m1/s1. The van der Waals surface area contributed by atoms with Gasteiger partial charge < -0.3 is 66.1 Å². The summed E-state index contributed by atoms with van der Waals surface area (Å²) in [7, 11) is 9.96. The Morgan fingerprint density at radius 1 is 0.578 bits per heavy atom. The molecule has 2 unspecified atom stereocenters. The fraction of sp³-hybridized carbons (Fsp3) is 0.725. The Morgan fingerprint density at radius 3 is 1.60 bits per heavy atom. The van der Waals surface area contributed by atoms with Gasteiger partial charge in [0, 0.05) is 118 Å². The summed E-state index contributed by atoms with van der Waals surface area (Å²) >= 11 is 0. The van der Waals surface area contributed by atoms with Crippen LogP contribution in [0.3, 0.4) is 0 Å². The first-order chi connectivity index (χ1) is 50.6. The molecule has 14 atom stereocenters. The van der Waals surface area contributed by atoms with E-state index in [9.17, 15) is 57.8 Å². The Bertz CT molecular complexity index is 3610. The predicted octanol–water partition coefficient (Wildman–Crippen LogP) is 5.23. The molecule has 2 saturated heterocycles. The Hall–Kier alpha value is -8.50. The van der Waals surface area contributed by atoms with E-state index < -0.39 is 203 Å². The lowest BCUT2D eigenvalue weighted by Gasteiger charge is -2.41. The van der Waals surface area contributed by atoms with Gasteiger partial charge in [-0.25, -0.2) is 4.98 Å². The number of likely N-dealkylation sites (tertiary alicyclic amines) is 1. The van der Waals surface area contributed by atoms with Crippen LogP contribution in [0.4, 0.5) is 0 Å². The summed E-state index contributed by atoms with van der Waals surface area (Å²) in [6.45, 7) is 27.9.